The molecule has 1 aromatic rings. The summed E-state index contributed by atoms with van der Waals surface area (Å²) in [6.45, 7) is 5.39. The van der Waals surface area contributed by atoms with Crippen molar-refractivity contribution in [2.75, 3.05) is 11.9 Å². The first kappa shape index (κ1) is 12.4. The fourth-order valence-electron chi connectivity index (χ4n) is 2.63. The van der Waals surface area contributed by atoms with Crippen molar-refractivity contribution < 1.29 is 0 Å². The summed E-state index contributed by atoms with van der Waals surface area (Å²) in [6.07, 6.45) is 5.41. The average Bonchev–Trinajstić information content (AvgIpc) is 2.82. The van der Waals surface area contributed by atoms with E-state index in [0.29, 0.717) is 12.1 Å². The molecule has 0 saturated heterocycles. The second-order valence-corrected chi connectivity index (χ2v) is 5.03. The van der Waals surface area contributed by atoms with E-state index in [-0.39, 0.29) is 0 Å². The molecular weight excluding hydrogens is 208 g/mol. The Bertz CT molecular complexity index is 343. The fraction of sp³-hybridized carbons (Fsp3) is 0.600. The maximum Gasteiger partial charge on any atom is 0.0345 e. The molecule has 94 valence electrons. The Balaban J connectivity index is 2.00. The minimum absolute atomic E-state index is 0.435. The first-order valence-corrected chi connectivity index (χ1v) is 6.89. The lowest BCUT2D eigenvalue weighted by Crippen LogP contribution is -2.18. The summed E-state index contributed by atoms with van der Waals surface area (Å²) in [7, 11) is 0. The highest BCUT2D eigenvalue weighted by Crippen LogP contribution is 2.24. The monoisotopic (exact) mass is 232 g/mol. The third-order valence-electron chi connectivity index (χ3n) is 3.62. The molecule has 2 rings (SSSR count). The molecule has 1 aromatic carbocycles. The number of hydrogen-bond acceptors (Lipinski definition) is 2. The Labute approximate surface area is 105 Å². The molecule has 1 atom stereocenters. The maximum absolute atomic E-state index is 3.65. The molecule has 2 heteroatoms. The van der Waals surface area contributed by atoms with Crippen molar-refractivity contribution in [1.29, 1.82) is 0 Å². The first-order valence-electron chi connectivity index (χ1n) is 6.89. The smallest absolute Gasteiger partial charge is 0.0345 e. The standard InChI is InChI=1S/C15H24N2/c1-3-16-12(2)13-7-6-10-15(11-13)17-14-8-4-5-9-14/h6-7,10-12,14,16-17H,3-5,8-9H2,1-2H3. The van der Waals surface area contributed by atoms with Gasteiger partial charge in [0, 0.05) is 17.8 Å². The van der Waals surface area contributed by atoms with E-state index in [1.165, 1.54) is 36.9 Å². The van der Waals surface area contributed by atoms with Crippen LogP contribution in [0.2, 0.25) is 0 Å². The van der Waals surface area contributed by atoms with Crippen molar-refractivity contribution in [2.24, 2.45) is 0 Å². The van der Waals surface area contributed by atoms with Crippen LogP contribution in [0.3, 0.4) is 0 Å². The van der Waals surface area contributed by atoms with Crippen LogP contribution in [-0.4, -0.2) is 12.6 Å². The molecule has 0 radical (unpaired) electrons. The van der Waals surface area contributed by atoms with Gasteiger partial charge in [-0.15, -0.1) is 0 Å². The Hall–Kier alpha value is -1.02. The number of nitrogens with one attached hydrogen (secondary N) is 2. The van der Waals surface area contributed by atoms with Gasteiger partial charge in [0.1, 0.15) is 0 Å². The highest BCUT2D eigenvalue weighted by Gasteiger charge is 2.14. The highest BCUT2D eigenvalue weighted by atomic mass is 14.9. The number of rotatable bonds is 5. The Morgan fingerprint density at radius 1 is 1.29 bits per heavy atom. The largest absolute Gasteiger partial charge is 0.382 e. The lowest BCUT2D eigenvalue weighted by atomic mass is 10.1. The van der Waals surface area contributed by atoms with E-state index in [0.717, 1.165) is 6.54 Å². The first-order chi connectivity index (χ1) is 8.29. The molecule has 1 saturated carbocycles. The van der Waals surface area contributed by atoms with Crippen LogP contribution in [0, 0.1) is 0 Å². The molecule has 0 bridgehead atoms. The van der Waals surface area contributed by atoms with Gasteiger partial charge in [0.15, 0.2) is 0 Å². The Morgan fingerprint density at radius 3 is 2.76 bits per heavy atom. The van der Waals surface area contributed by atoms with Gasteiger partial charge >= 0.3 is 0 Å². The van der Waals surface area contributed by atoms with E-state index in [4.69, 9.17) is 0 Å². The number of hydrogen-bond donors (Lipinski definition) is 2. The highest BCUT2D eigenvalue weighted by molar-refractivity contribution is 5.47. The zero-order valence-corrected chi connectivity index (χ0v) is 11.0. The van der Waals surface area contributed by atoms with E-state index < -0.39 is 0 Å². The third-order valence-corrected chi connectivity index (χ3v) is 3.62. The summed E-state index contributed by atoms with van der Waals surface area (Å²) < 4.78 is 0. The summed E-state index contributed by atoms with van der Waals surface area (Å²) in [4.78, 5) is 0. The van der Waals surface area contributed by atoms with E-state index in [1.54, 1.807) is 0 Å². The van der Waals surface area contributed by atoms with Gasteiger partial charge in [-0.1, -0.05) is 31.9 Å². The van der Waals surface area contributed by atoms with Crippen molar-refractivity contribution in [3.8, 4) is 0 Å². The van der Waals surface area contributed by atoms with Crippen LogP contribution in [0.25, 0.3) is 0 Å². The van der Waals surface area contributed by atoms with Crippen molar-refractivity contribution in [3.63, 3.8) is 0 Å². The summed E-state index contributed by atoms with van der Waals surface area (Å²) in [5, 5.41) is 7.11. The van der Waals surface area contributed by atoms with Crippen molar-refractivity contribution in [2.45, 2.75) is 51.6 Å². The average molecular weight is 232 g/mol. The molecule has 0 aromatic heterocycles. The predicted molar refractivity (Wildman–Crippen MR) is 74.4 cm³/mol. The van der Waals surface area contributed by atoms with Crippen molar-refractivity contribution >= 4 is 5.69 Å². The van der Waals surface area contributed by atoms with Crippen LogP contribution in [0.15, 0.2) is 24.3 Å². The molecule has 2 nitrogen and oxygen atoms in total. The minimum atomic E-state index is 0.435. The summed E-state index contributed by atoms with van der Waals surface area (Å²) >= 11 is 0. The van der Waals surface area contributed by atoms with Gasteiger partial charge in [-0.2, -0.15) is 0 Å². The van der Waals surface area contributed by atoms with Crippen molar-refractivity contribution in [3.05, 3.63) is 29.8 Å². The van der Waals surface area contributed by atoms with Crippen LogP contribution in [0.5, 0.6) is 0 Å². The lowest BCUT2D eigenvalue weighted by Gasteiger charge is -2.17. The molecule has 0 heterocycles. The predicted octanol–water partition coefficient (Wildman–Crippen LogP) is 3.71. The normalized spacial score (nSPS) is 18.2. The zero-order valence-electron chi connectivity index (χ0n) is 11.0. The molecule has 1 aliphatic carbocycles. The van der Waals surface area contributed by atoms with E-state index in [1.807, 2.05) is 0 Å². The Morgan fingerprint density at radius 2 is 2.06 bits per heavy atom. The number of anilines is 1. The summed E-state index contributed by atoms with van der Waals surface area (Å²) in [6, 6.07) is 9.95. The van der Waals surface area contributed by atoms with E-state index in [9.17, 15) is 0 Å². The molecule has 1 aliphatic rings. The SMILES string of the molecule is CCNC(C)c1cccc(NC2CCCC2)c1. The quantitative estimate of drug-likeness (QED) is 0.808. The molecular formula is C15H24N2. The maximum atomic E-state index is 3.65. The van der Waals surface area contributed by atoms with E-state index in [2.05, 4.69) is 48.7 Å². The zero-order chi connectivity index (χ0) is 12.1. The van der Waals surface area contributed by atoms with Crippen LogP contribution in [0.4, 0.5) is 5.69 Å². The minimum Gasteiger partial charge on any atom is -0.382 e. The van der Waals surface area contributed by atoms with Gasteiger partial charge in [0.2, 0.25) is 0 Å². The summed E-state index contributed by atoms with van der Waals surface area (Å²) in [5.41, 5.74) is 2.65. The van der Waals surface area contributed by atoms with E-state index >= 15 is 0 Å². The Kier molecular flexibility index (Phi) is 4.43. The summed E-state index contributed by atoms with van der Waals surface area (Å²) in [5.74, 6) is 0. The molecule has 0 aliphatic heterocycles. The second kappa shape index (κ2) is 6.06. The topological polar surface area (TPSA) is 24.1 Å². The van der Waals surface area contributed by atoms with Gasteiger partial charge in [-0.3, -0.25) is 0 Å². The van der Waals surface area contributed by atoms with Gasteiger partial charge < -0.3 is 10.6 Å². The van der Waals surface area contributed by atoms with Crippen LogP contribution < -0.4 is 10.6 Å². The lowest BCUT2D eigenvalue weighted by molar-refractivity contribution is 0.598. The van der Waals surface area contributed by atoms with Crippen LogP contribution in [0.1, 0.15) is 51.1 Å². The molecule has 0 amide bonds. The fourth-order valence-corrected chi connectivity index (χ4v) is 2.63. The molecule has 0 spiro atoms. The third kappa shape index (κ3) is 3.47. The number of benzene rings is 1. The molecule has 17 heavy (non-hydrogen) atoms. The van der Waals surface area contributed by atoms with Gasteiger partial charge in [-0.05, 0) is 44.0 Å². The van der Waals surface area contributed by atoms with Crippen LogP contribution in [-0.2, 0) is 0 Å². The van der Waals surface area contributed by atoms with Crippen LogP contribution >= 0.6 is 0 Å². The van der Waals surface area contributed by atoms with Gasteiger partial charge in [0.25, 0.3) is 0 Å². The second-order valence-electron chi connectivity index (χ2n) is 5.03. The van der Waals surface area contributed by atoms with Crippen molar-refractivity contribution in [1.82, 2.24) is 5.32 Å². The molecule has 1 fully saturated rings. The molecule has 1 unspecified atom stereocenters. The molecule has 2 N–H and O–H groups in total. The van der Waals surface area contributed by atoms with Gasteiger partial charge in [-0.25, -0.2) is 0 Å². The van der Waals surface area contributed by atoms with Gasteiger partial charge in [0.05, 0.1) is 0 Å².